The van der Waals surface area contributed by atoms with Gasteiger partial charge >= 0.3 is 0 Å². The summed E-state index contributed by atoms with van der Waals surface area (Å²) in [5.74, 6) is 0.0857. The number of carbonyl (C=O) groups is 1. The summed E-state index contributed by atoms with van der Waals surface area (Å²) in [6.45, 7) is 8.23. The zero-order valence-corrected chi connectivity index (χ0v) is 23.5. The van der Waals surface area contributed by atoms with Gasteiger partial charge in [-0.2, -0.15) is 0 Å². The maximum absolute atomic E-state index is 12.7. The van der Waals surface area contributed by atoms with E-state index in [4.69, 9.17) is 10.5 Å². The van der Waals surface area contributed by atoms with E-state index in [0.717, 1.165) is 45.0 Å². The molecule has 1 atom stereocenters. The molecule has 1 aliphatic rings. The topological polar surface area (TPSA) is 123 Å². The van der Waals surface area contributed by atoms with Gasteiger partial charge in [0.05, 0.1) is 17.5 Å². The summed E-state index contributed by atoms with van der Waals surface area (Å²) in [5.41, 5.74) is 10.6. The van der Waals surface area contributed by atoms with Gasteiger partial charge in [-0.25, -0.2) is 13.1 Å². The molecule has 8 nitrogen and oxygen atoms in total. The van der Waals surface area contributed by atoms with E-state index in [1.54, 1.807) is 7.05 Å². The van der Waals surface area contributed by atoms with E-state index < -0.39 is 10.0 Å². The molecule has 1 amide bonds. The van der Waals surface area contributed by atoms with Crippen molar-refractivity contribution in [2.75, 3.05) is 25.6 Å². The number of amides is 1. The van der Waals surface area contributed by atoms with Crippen molar-refractivity contribution in [3.05, 3.63) is 65.2 Å². The third-order valence-electron chi connectivity index (χ3n) is 6.05. The van der Waals surface area contributed by atoms with Crippen molar-refractivity contribution in [3.8, 4) is 5.75 Å². The number of carbonyl (C=O) groups excluding carboxylic acids is 1. The molecule has 37 heavy (non-hydrogen) atoms. The van der Waals surface area contributed by atoms with Crippen LogP contribution in [-0.4, -0.2) is 45.3 Å². The van der Waals surface area contributed by atoms with Gasteiger partial charge in [0.25, 0.3) is 0 Å². The molecule has 0 aromatic heterocycles. The number of aliphatic imine (C=N–C) groups is 1. The maximum atomic E-state index is 12.7. The van der Waals surface area contributed by atoms with E-state index in [0.29, 0.717) is 17.9 Å². The van der Waals surface area contributed by atoms with E-state index in [1.807, 2.05) is 50.2 Å². The zero-order valence-electron chi connectivity index (χ0n) is 21.8. The molecule has 0 aliphatic heterocycles. The molecule has 0 heterocycles. The van der Waals surface area contributed by atoms with Crippen molar-refractivity contribution >= 4 is 43.3 Å². The molecule has 2 aromatic rings. The molecule has 0 fully saturated rings. The van der Waals surface area contributed by atoms with Crippen molar-refractivity contribution in [1.29, 1.82) is 0 Å². The van der Waals surface area contributed by atoms with E-state index in [9.17, 15) is 13.2 Å². The lowest BCUT2D eigenvalue weighted by Gasteiger charge is -2.28. The highest BCUT2D eigenvalue weighted by atomic mass is 32.2. The van der Waals surface area contributed by atoms with Gasteiger partial charge in [-0.1, -0.05) is 36.5 Å². The van der Waals surface area contributed by atoms with Gasteiger partial charge in [0.2, 0.25) is 15.9 Å². The number of nitrogen functional groups attached to an aromatic ring is 1. The third-order valence-corrected chi connectivity index (χ3v) is 8.51. The second-order valence-electron chi connectivity index (χ2n) is 9.15. The van der Waals surface area contributed by atoms with Crippen molar-refractivity contribution in [2.45, 2.75) is 51.7 Å². The Morgan fingerprint density at radius 2 is 2.05 bits per heavy atom. The van der Waals surface area contributed by atoms with E-state index in [-0.39, 0.29) is 30.2 Å². The van der Waals surface area contributed by atoms with Crippen LogP contribution >= 0.6 is 11.8 Å². The Bertz CT molecular complexity index is 1290. The molecule has 0 radical (unpaired) electrons. The number of fused-ring (bicyclic) bond motifs is 1. The van der Waals surface area contributed by atoms with Crippen LogP contribution < -0.4 is 20.5 Å². The Labute approximate surface area is 224 Å². The van der Waals surface area contributed by atoms with Gasteiger partial charge in [-0.3, -0.25) is 9.79 Å². The molecule has 0 bridgehead atoms. The standard InChI is InChI=1S/C27H36N4O4S2/c1-17(2)35-25-13-12-19(16-23(25)28)27(30-5)36-18(3)20-8-6-10-22-21(20)9-7-11-24(22)31-37(33,34)15-14-26(32)29-4/h6,8,10,12-13,16-17,24,31H,3,7,9,11,14-15,28H2,1-2,4-5H3,(H,29,32)/t24-/m0/s1. The second-order valence-corrected chi connectivity index (χ2v) is 12.1. The van der Waals surface area contributed by atoms with Gasteiger partial charge in [0, 0.05) is 37.0 Å². The minimum atomic E-state index is -3.62. The highest BCUT2D eigenvalue weighted by Gasteiger charge is 2.27. The zero-order chi connectivity index (χ0) is 27.2. The van der Waals surface area contributed by atoms with Crippen molar-refractivity contribution in [2.24, 2.45) is 4.99 Å². The van der Waals surface area contributed by atoms with Crippen LogP contribution in [0, 0.1) is 0 Å². The lowest BCUT2D eigenvalue weighted by molar-refractivity contribution is -0.120. The fourth-order valence-electron chi connectivity index (χ4n) is 4.31. The molecule has 0 saturated carbocycles. The fraction of sp³-hybridized carbons (Fsp3) is 0.407. The molecule has 0 saturated heterocycles. The van der Waals surface area contributed by atoms with Crippen LogP contribution in [0.2, 0.25) is 0 Å². The minimum Gasteiger partial charge on any atom is -0.489 e. The fourth-order valence-corrected chi connectivity index (χ4v) is 6.43. The SMILES string of the molecule is C=C(SC(=NC)c1ccc(OC(C)C)c(N)c1)c1cccc2c1CCC[C@@H]2NS(=O)(=O)CCC(=O)NC. The van der Waals surface area contributed by atoms with Crippen molar-refractivity contribution in [1.82, 2.24) is 10.0 Å². The van der Waals surface area contributed by atoms with Crippen LogP contribution in [0.4, 0.5) is 5.69 Å². The highest BCUT2D eigenvalue weighted by molar-refractivity contribution is 8.22. The van der Waals surface area contributed by atoms with E-state index >= 15 is 0 Å². The number of thioether (sulfide) groups is 1. The molecule has 4 N–H and O–H groups in total. The summed E-state index contributed by atoms with van der Waals surface area (Å²) >= 11 is 1.46. The van der Waals surface area contributed by atoms with Gasteiger partial charge < -0.3 is 15.8 Å². The number of hydrogen-bond donors (Lipinski definition) is 3. The number of ether oxygens (including phenoxy) is 1. The van der Waals surface area contributed by atoms with Crippen LogP contribution in [-0.2, 0) is 21.2 Å². The lowest BCUT2D eigenvalue weighted by Crippen LogP contribution is -2.34. The second kappa shape index (κ2) is 12.6. The molecule has 3 rings (SSSR count). The van der Waals surface area contributed by atoms with Crippen LogP contribution in [0.15, 0.2) is 48.0 Å². The summed E-state index contributed by atoms with van der Waals surface area (Å²) in [6, 6.07) is 11.2. The largest absolute Gasteiger partial charge is 0.489 e. The average Bonchev–Trinajstić information content (AvgIpc) is 2.86. The van der Waals surface area contributed by atoms with Crippen LogP contribution in [0.1, 0.15) is 61.4 Å². The Balaban J connectivity index is 1.80. The van der Waals surface area contributed by atoms with Crippen molar-refractivity contribution in [3.63, 3.8) is 0 Å². The van der Waals surface area contributed by atoms with Crippen LogP contribution in [0.3, 0.4) is 0 Å². The summed E-state index contributed by atoms with van der Waals surface area (Å²) in [4.78, 5) is 16.8. The first-order chi connectivity index (χ1) is 17.5. The Kier molecular flexibility index (Phi) is 9.80. The number of rotatable bonds is 10. The van der Waals surface area contributed by atoms with E-state index in [1.165, 1.54) is 18.8 Å². The molecule has 200 valence electrons. The normalized spacial score (nSPS) is 15.8. The molecule has 10 heteroatoms. The van der Waals surface area contributed by atoms with Gasteiger partial charge in [0.1, 0.15) is 10.8 Å². The minimum absolute atomic E-state index is 0.0232. The average molecular weight is 545 g/mol. The number of hydrogen-bond acceptors (Lipinski definition) is 7. The van der Waals surface area contributed by atoms with Gasteiger partial charge in [0.15, 0.2) is 0 Å². The first kappa shape index (κ1) is 28.7. The first-order valence-corrected chi connectivity index (χ1v) is 14.7. The Hall–Kier alpha value is -2.82. The quantitative estimate of drug-likeness (QED) is 0.233. The third kappa shape index (κ3) is 7.59. The van der Waals surface area contributed by atoms with Crippen LogP contribution in [0.5, 0.6) is 5.75 Å². The molecular weight excluding hydrogens is 508 g/mol. The number of anilines is 1. The van der Waals surface area contributed by atoms with Gasteiger partial charge in [-0.05, 0) is 68.0 Å². The summed E-state index contributed by atoms with van der Waals surface area (Å²) in [5, 5.41) is 3.23. The number of nitrogens with one attached hydrogen (secondary N) is 2. The smallest absolute Gasteiger partial charge is 0.220 e. The maximum Gasteiger partial charge on any atom is 0.220 e. The number of nitrogens with zero attached hydrogens (tertiary/aromatic N) is 1. The Morgan fingerprint density at radius 1 is 1.30 bits per heavy atom. The highest BCUT2D eigenvalue weighted by Crippen LogP contribution is 2.39. The summed E-state index contributed by atoms with van der Waals surface area (Å²) in [7, 11) is -0.393. The van der Waals surface area contributed by atoms with Gasteiger partial charge in [-0.15, -0.1) is 0 Å². The summed E-state index contributed by atoms with van der Waals surface area (Å²) in [6.07, 6.45) is 2.31. The number of benzene rings is 2. The van der Waals surface area contributed by atoms with E-state index in [2.05, 4.69) is 21.6 Å². The molecule has 1 aliphatic carbocycles. The van der Waals surface area contributed by atoms with Crippen molar-refractivity contribution < 1.29 is 17.9 Å². The molecule has 0 spiro atoms. The molecule has 0 unspecified atom stereocenters. The van der Waals surface area contributed by atoms with Crippen LogP contribution in [0.25, 0.3) is 4.91 Å². The predicted octanol–water partition coefficient (Wildman–Crippen LogP) is 4.27. The molecule has 2 aromatic carbocycles. The summed E-state index contributed by atoms with van der Waals surface area (Å²) < 4.78 is 33.9. The predicted molar refractivity (Wildman–Crippen MR) is 153 cm³/mol. The lowest BCUT2D eigenvalue weighted by atomic mass is 9.85. The Morgan fingerprint density at radius 3 is 2.70 bits per heavy atom. The number of sulfonamides is 1. The number of nitrogens with two attached hydrogens (primary N) is 1. The molecular formula is C27H36N4O4S2. The monoisotopic (exact) mass is 544 g/mol. The first-order valence-electron chi connectivity index (χ1n) is 12.3.